The Balaban J connectivity index is 1.60. The summed E-state index contributed by atoms with van der Waals surface area (Å²) in [5.41, 5.74) is 10.8. The van der Waals surface area contributed by atoms with Crippen molar-refractivity contribution < 1.29 is 4.79 Å². The van der Waals surface area contributed by atoms with E-state index in [1.807, 2.05) is 0 Å². The number of amides is 1. The lowest BCUT2D eigenvalue weighted by atomic mass is 9.85. The Labute approximate surface area is 146 Å². The maximum absolute atomic E-state index is 12.8. The first-order valence-electron chi connectivity index (χ1n) is 9.29. The van der Waals surface area contributed by atoms with E-state index in [1.54, 1.807) is 0 Å². The number of nitrogen functional groups attached to an aromatic ring is 1. The summed E-state index contributed by atoms with van der Waals surface area (Å²) in [6.07, 6.45) is 4.18. The number of anilines is 1. The van der Waals surface area contributed by atoms with Crippen LogP contribution in [0, 0.1) is 19.8 Å². The summed E-state index contributed by atoms with van der Waals surface area (Å²) in [5, 5.41) is 0. The van der Waals surface area contributed by atoms with Gasteiger partial charge in [0.15, 0.2) is 0 Å². The van der Waals surface area contributed by atoms with Gasteiger partial charge in [0.1, 0.15) is 0 Å². The molecule has 1 aromatic rings. The molecule has 2 aliphatic rings. The van der Waals surface area contributed by atoms with Crippen LogP contribution in [0.25, 0.3) is 0 Å². The van der Waals surface area contributed by atoms with Crippen LogP contribution in [0.2, 0.25) is 0 Å². The van der Waals surface area contributed by atoms with Gasteiger partial charge >= 0.3 is 0 Å². The standard InChI is InChI=1S/C20H31N3O/c1-14-13-19(21)15(2)12-18(14)16-6-10-23(11-7-16)20(24)17-4-8-22(3)9-5-17/h12-13,16-17H,4-11,21H2,1-3H3. The van der Waals surface area contributed by atoms with E-state index >= 15 is 0 Å². The molecule has 24 heavy (non-hydrogen) atoms. The lowest BCUT2D eigenvalue weighted by molar-refractivity contribution is -0.138. The Bertz CT molecular complexity index is 597. The lowest BCUT2D eigenvalue weighted by Crippen LogP contribution is -2.44. The molecule has 0 bridgehead atoms. The van der Waals surface area contributed by atoms with Crippen molar-refractivity contribution in [3.8, 4) is 0 Å². The molecule has 4 heteroatoms. The maximum Gasteiger partial charge on any atom is 0.225 e. The van der Waals surface area contributed by atoms with E-state index in [4.69, 9.17) is 5.73 Å². The van der Waals surface area contributed by atoms with Gasteiger partial charge in [-0.05, 0) is 88.3 Å². The third kappa shape index (κ3) is 3.59. The second-order valence-electron chi connectivity index (χ2n) is 7.74. The van der Waals surface area contributed by atoms with Crippen molar-refractivity contribution in [1.29, 1.82) is 0 Å². The minimum Gasteiger partial charge on any atom is -0.399 e. The first-order chi connectivity index (χ1) is 11.5. The highest BCUT2D eigenvalue weighted by molar-refractivity contribution is 5.79. The molecule has 3 rings (SSSR count). The lowest BCUT2D eigenvalue weighted by Gasteiger charge is -2.37. The molecule has 2 aliphatic heterocycles. The number of nitrogens with two attached hydrogens (primary N) is 1. The molecule has 0 atom stereocenters. The van der Waals surface area contributed by atoms with Crippen LogP contribution in [-0.4, -0.2) is 48.9 Å². The quantitative estimate of drug-likeness (QED) is 0.849. The fourth-order valence-corrected chi connectivity index (χ4v) is 4.23. The van der Waals surface area contributed by atoms with Gasteiger partial charge in [0, 0.05) is 24.7 Å². The van der Waals surface area contributed by atoms with Crippen LogP contribution in [0.3, 0.4) is 0 Å². The predicted octanol–water partition coefficient (Wildman–Crippen LogP) is 2.93. The van der Waals surface area contributed by atoms with Gasteiger partial charge in [-0.15, -0.1) is 0 Å². The summed E-state index contributed by atoms with van der Waals surface area (Å²) in [6.45, 7) is 8.14. The van der Waals surface area contributed by atoms with E-state index in [2.05, 4.69) is 42.8 Å². The third-order valence-corrected chi connectivity index (χ3v) is 5.97. The molecule has 132 valence electrons. The highest BCUT2D eigenvalue weighted by atomic mass is 16.2. The molecule has 2 N–H and O–H groups in total. The molecule has 2 fully saturated rings. The monoisotopic (exact) mass is 329 g/mol. The van der Waals surface area contributed by atoms with Crippen molar-refractivity contribution in [2.75, 3.05) is 39.0 Å². The zero-order chi connectivity index (χ0) is 17.3. The van der Waals surface area contributed by atoms with E-state index in [-0.39, 0.29) is 5.92 Å². The van der Waals surface area contributed by atoms with Crippen LogP contribution >= 0.6 is 0 Å². The summed E-state index contributed by atoms with van der Waals surface area (Å²) >= 11 is 0. The van der Waals surface area contributed by atoms with E-state index < -0.39 is 0 Å². The van der Waals surface area contributed by atoms with Gasteiger partial charge in [-0.25, -0.2) is 0 Å². The highest BCUT2D eigenvalue weighted by Gasteiger charge is 2.30. The minimum absolute atomic E-state index is 0.248. The zero-order valence-corrected chi connectivity index (χ0v) is 15.3. The first kappa shape index (κ1) is 17.3. The van der Waals surface area contributed by atoms with Gasteiger partial charge in [0.2, 0.25) is 5.91 Å². The molecule has 0 radical (unpaired) electrons. The van der Waals surface area contributed by atoms with Gasteiger partial charge in [-0.3, -0.25) is 4.79 Å². The average molecular weight is 329 g/mol. The largest absolute Gasteiger partial charge is 0.399 e. The number of rotatable bonds is 2. The Morgan fingerprint density at radius 2 is 1.62 bits per heavy atom. The molecule has 0 aromatic heterocycles. The van der Waals surface area contributed by atoms with Gasteiger partial charge in [0.25, 0.3) is 0 Å². The topological polar surface area (TPSA) is 49.6 Å². The number of nitrogens with zero attached hydrogens (tertiary/aromatic N) is 2. The van der Waals surface area contributed by atoms with Gasteiger partial charge in [-0.2, -0.15) is 0 Å². The first-order valence-corrected chi connectivity index (χ1v) is 9.29. The molecule has 0 unspecified atom stereocenters. The van der Waals surface area contributed by atoms with Crippen molar-refractivity contribution in [2.45, 2.75) is 45.4 Å². The van der Waals surface area contributed by atoms with Gasteiger partial charge in [-0.1, -0.05) is 6.07 Å². The van der Waals surface area contributed by atoms with Crippen LogP contribution in [0.5, 0.6) is 0 Å². The summed E-state index contributed by atoms with van der Waals surface area (Å²) in [5.74, 6) is 1.20. The van der Waals surface area contributed by atoms with Crippen LogP contribution < -0.4 is 5.73 Å². The van der Waals surface area contributed by atoms with Crippen LogP contribution in [0.4, 0.5) is 5.69 Å². The molecule has 2 saturated heterocycles. The number of hydrogen-bond acceptors (Lipinski definition) is 3. The van der Waals surface area contributed by atoms with E-state index in [1.165, 1.54) is 16.7 Å². The molecular formula is C20H31N3O. The van der Waals surface area contributed by atoms with E-state index in [9.17, 15) is 4.79 Å². The Morgan fingerprint density at radius 1 is 1.00 bits per heavy atom. The normalized spacial score (nSPS) is 21.2. The SMILES string of the molecule is Cc1cc(C2CCN(C(=O)C3CCN(C)CC3)CC2)c(C)cc1N. The van der Waals surface area contributed by atoms with Crippen LogP contribution in [-0.2, 0) is 4.79 Å². The second-order valence-corrected chi connectivity index (χ2v) is 7.74. The number of carbonyl (C=O) groups excluding carboxylic acids is 1. The number of aryl methyl sites for hydroxylation is 2. The van der Waals surface area contributed by atoms with Crippen molar-refractivity contribution in [1.82, 2.24) is 9.80 Å². The van der Waals surface area contributed by atoms with Crippen LogP contribution in [0.15, 0.2) is 12.1 Å². The maximum atomic E-state index is 12.8. The Morgan fingerprint density at radius 3 is 2.25 bits per heavy atom. The zero-order valence-electron chi connectivity index (χ0n) is 15.3. The van der Waals surface area contributed by atoms with Crippen LogP contribution in [0.1, 0.15) is 48.3 Å². The minimum atomic E-state index is 0.248. The van der Waals surface area contributed by atoms with E-state index in [0.717, 1.165) is 57.5 Å². The van der Waals surface area contributed by atoms with Gasteiger partial charge < -0.3 is 15.5 Å². The molecular weight excluding hydrogens is 298 g/mol. The fraction of sp³-hybridized carbons (Fsp3) is 0.650. The number of likely N-dealkylation sites (tertiary alicyclic amines) is 2. The van der Waals surface area contributed by atoms with Crippen molar-refractivity contribution in [3.63, 3.8) is 0 Å². The molecule has 1 aromatic carbocycles. The number of benzene rings is 1. The molecule has 1 amide bonds. The number of carbonyl (C=O) groups is 1. The summed E-state index contributed by atoms with van der Waals surface area (Å²) in [6, 6.07) is 4.35. The average Bonchev–Trinajstić information content (AvgIpc) is 2.58. The number of hydrogen-bond donors (Lipinski definition) is 1. The Kier molecular flexibility index (Phi) is 5.14. The summed E-state index contributed by atoms with van der Waals surface area (Å²) in [4.78, 5) is 17.2. The third-order valence-electron chi connectivity index (χ3n) is 5.97. The second kappa shape index (κ2) is 7.14. The number of piperidine rings is 2. The summed E-state index contributed by atoms with van der Waals surface area (Å²) < 4.78 is 0. The highest BCUT2D eigenvalue weighted by Crippen LogP contribution is 2.33. The van der Waals surface area contributed by atoms with Gasteiger partial charge in [0.05, 0.1) is 0 Å². The van der Waals surface area contributed by atoms with Crippen molar-refractivity contribution >= 4 is 11.6 Å². The molecule has 0 saturated carbocycles. The Hall–Kier alpha value is -1.55. The predicted molar refractivity (Wildman–Crippen MR) is 99.1 cm³/mol. The van der Waals surface area contributed by atoms with Crippen molar-refractivity contribution in [2.24, 2.45) is 5.92 Å². The molecule has 4 nitrogen and oxygen atoms in total. The van der Waals surface area contributed by atoms with Crippen molar-refractivity contribution in [3.05, 3.63) is 28.8 Å². The fourth-order valence-electron chi connectivity index (χ4n) is 4.23. The smallest absolute Gasteiger partial charge is 0.225 e. The van der Waals surface area contributed by atoms with E-state index in [0.29, 0.717) is 11.8 Å². The molecule has 2 heterocycles. The molecule has 0 spiro atoms. The summed E-state index contributed by atoms with van der Waals surface area (Å²) in [7, 11) is 2.14. The molecule has 0 aliphatic carbocycles.